The summed E-state index contributed by atoms with van der Waals surface area (Å²) in [4.78, 5) is 0. The van der Waals surface area contributed by atoms with Gasteiger partial charge in [0.25, 0.3) is 0 Å². The molecule has 0 saturated carbocycles. The minimum atomic E-state index is -0.467. The molecular formula is C8H17NO2. The smallest absolute Gasteiger partial charge is 0.0448 e. The zero-order valence-corrected chi connectivity index (χ0v) is 6.79. The summed E-state index contributed by atoms with van der Waals surface area (Å²) in [6.07, 6.45) is 3.37. The monoisotopic (exact) mass is 159 g/mol. The van der Waals surface area contributed by atoms with Gasteiger partial charge in [-0.25, -0.2) is 0 Å². The first-order valence-corrected chi connectivity index (χ1v) is 3.80. The predicted octanol–water partition coefficient (Wildman–Crippen LogP) is 0.0248. The summed E-state index contributed by atoms with van der Waals surface area (Å²) in [6.45, 7) is 3.69. The maximum absolute atomic E-state index is 8.66. The molecule has 0 bridgehead atoms. The quantitative estimate of drug-likeness (QED) is 0.479. The van der Waals surface area contributed by atoms with Crippen LogP contribution in [0.5, 0.6) is 0 Å². The van der Waals surface area contributed by atoms with E-state index in [1.165, 1.54) is 0 Å². The fraction of sp³-hybridized carbons (Fsp3) is 0.750. The highest BCUT2D eigenvalue weighted by Gasteiger charge is 2.21. The van der Waals surface area contributed by atoms with E-state index < -0.39 is 5.54 Å². The lowest BCUT2D eigenvalue weighted by Crippen LogP contribution is -2.41. The lowest BCUT2D eigenvalue weighted by atomic mass is 9.89. The van der Waals surface area contributed by atoms with Gasteiger partial charge in [-0.15, -0.1) is 6.58 Å². The molecule has 0 rings (SSSR count). The third kappa shape index (κ3) is 4.14. The van der Waals surface area contributed by atoms with Crippen molar-refractivity contribution >= 4 is 0 Å². The highest BCUT2D eigenvalue weighted by molar-refractivity contribution is 4.90. The van der Waals surface area contributed by atoms with Crippen LogP contribution in [-0.4, -0.2) is 29.0 Å². The minimum absolute atomic E-state index is 0.0599. The fourth-order valence-electron chi connectivity index (χ4n) is 1.06. The molecule has 0 aliphatic rings. The molecule has 11 heavy (non-hydrogen) atoms. The van der Waals surface area contributed by atoms with Crippen LogP contribution < -0.4 is 5.73 Å². The highest BCUT2D eigenvalue weighted by atomic mass is 16.3. The molecule has 0 aromatic rings. The van der Waals surface area contributed by atoms with Gasteiger partial charge in [0.15, 0.2) is 0 Å². The van der Waals surface area contributed by atoms with Gasteiger partial charge in [-0.3, -0.25) is 0 Å². The van der Waals surface area contributed by atoms with Crippen molar-refractivity contribution in [1.82, 2.24) is 0 Å². The number of hydrogen-bond donors (Lipinski definition) is 3. The van der Waals surface area contributed by atoms with Gasteiger partial charge in [0.2, 0.25) is 0 Å². The molecule has 0 aromatic heterocycles. The van der Waals surface area contributed by atoms with Crippen molar-refractivity contribution in [3.05, 3.63) is 12.7 Å². The summed E-state index contributed by atoms with van der Waals surface area (Å²) < 4.78 is 0. The molecule has 0 amide bonds. The van der Waals surface area contributed by atoms with Crippen LogP contribution in [0.15, 0.2) is 12.7 Å². The second-order valence-electron chi connectivity index (χ2n) is 2.80. The van der Waals surface area contributed by atoms with E-state index in [1.807, 2.05) is 0 Å². The van der Waals surface area contributed by atoms with E-state index in [0.717, 1.165) is 0 Å². The molecular weight excluding hydrogens is 142 g/mol. The third-order valence-electron chi connectivity index (χ3n) is 1.77. The topological polar surface area (TPSA) is 66.5 Å². The summed E-state index contributed by atoms with van der Waals surface area (Å²) in [5, 5.41) is 17.3. The Kier molecular flexibility index (Phi) is 5.11. The van der Waals surface area contributed by atoms with Gasteiger partial charge >= 0.3 is 0 Å². The Morgan fingerprint density at radius 1 is 1.27 bits per heavy atom. The van der Waals surface area contributed by atoms with Crippen molar-refractivity contribution in [3.8, 4) is 0 Å². The molecule has 66 valence electrons. The van der Waals surface area contributed by atoms with E-state index in [-0.39, 0.29) is 13.2 Å². The summed E-state index contributed by atoms with van der Waals surface area (Å²) in [5.41, 5.74) is 5.37. The standard InChI is InChI=1S/C8H17NO2/c1-2-3-8(9,4-6-10)5-7-11/h2,10-11H,1,3-7,9H2. The second kappa shape index (κ2) is 5.29. The van der Waals surface area contributed by atoms with Gasteiger partial charge in [-0.1, -0.05) is 6.08 Å². The zero-order valence-electron chi connectivity index (χ0n) is 6.79. The van der Waals surface area contributed by atoms with E-state index in [1.54, 1.807) is 6.08 Å². The Bertz CT molecular complexity index is 109. The van der Waals surface area contributed by atoms with E-state index in [4.69, 9.17) is 15.9 Å². The van der Waals surface area contributed by atoms with Gasteiger partial charge in [-0.2, -0.15) is 0 Å². The van der Waals surface area contributed by atoms with Crippen LogP contribution in [0.1, 0.15) is 19.3 Å². The number of hydrogen-bond acceptors (Lipinski definition) is 3. The Morgan fingerprint density at radius 3 is 2.00 bits per heavy atom. The molecule has 0 spiro atoms. The summed E-state index contributed by atoms with van der Waals surface area (Å²) >= 11 is 0. The van der Waals surface area contributed by atoms with Crippen molar-refractivity contribution in [2.45, 2.75) is 24.8 Å². The van der Waals surface area contributed by atoms with E-state index in [2.05, 4.69) is 6.58 Å². The van der Waals surface area contributed by atoms with Gasteiger partial charge in [-0.05, 0) is 19.3 Å². The van der Waals surface area contributed by atoms with Crippen molar-refractivity contribution in [2.75, 3.05) is 13.2 Å². The molecule has 0 radical (unpaired) electrons. The second-order valence-corrected chi connectivity index (χ2v) is 2.80. The first-order chi connectivity index (χ1) is 5.18. The van der Waals surface area contributed by atoms with Gasteiger partial charge in [0, 0.05) is 18.8 Å². The van der Waals surface area contributed by atoms with Crippen LogP contribution in [0.2, 0.25) is 0 Å². The first-order valence-electron chi connectivity index (χ1n) is 3.80. The van der Waals surface area contributed by atoms with E-state index in [9.17, 15) is 0 Å². The molecule has 0 saturated heterocycles. The van der Waals surface area contributed by atoms with Crippen LogP contribution in [0.25, 0.3) is 0 Å². The third-order valence-corrected chi connectivity index (χ3v) is 1.77. The van der Waals surface area contributed by atoms with Gasteiger partial charge < -0.3 is 15.9 Å². The van der Waals surface area contributed by atoms with E-state index >= 15 is 0 Å². The number of aliphatic hydroxyl groups is 2. The highest BCUT2D eigenvalue weighted by Crippen LogP contribution is 2.15. The molecule has 0 fully saturated rings. The number of rotatable bonds is 6. The van der Waals surface area contributed by atoms with Crippen LogP contribution >= 0.6 is 0 Å². The van der Waals surface area contributed by atoms with Crippen molar-refractivity contribution in [1.29, 1.82) is 0 Å². The lowest BCUT2D eigenvalue weighted by molar-refractivity contribution is 0.194. The van der Waals surface area contributed by atoms with Crippen molar-refractivity contribution in [2.24, 2.45) is 5.73 Å². The molecule has 0 aromatic carbocycles. The molecule has 0 unspecified atom stereocenters. The Hall–Kier alpha value is -0.380. The van der Waals surface area contributed by atoms with E-state index in [0.29, 0.717) is 19.3 Å². The van der Waals surface area contributed by atoms with Crippen molar-refractivity contribution < 1.29 is 10.2 Å². The Balaban J connectivity index is 3.88. The number of nitrogens with two attached hydrogens (primary N) is 1. The summed E-state index contributed by atoms with van der Waals surface area (Å²) in [5.74, 6) is 0. The lowest BCUT2D eigenvalue weighted by Gasteiger charge is -2.26. The van der Waals surface area contributed by atoms with Crippen molar-refractivity contribution in [3.63, 3.8) is 0 Å². The van der Waals surface area contributed by atoms with Crippen LogP contribution in [0.4, 0.5) is 0 Å². The molecule has 3 nitrogen and oxygen atoms in total. The summed E-state index contributed by atoms with van der Waals surface area (Å²) in [7, 11) is 0. The zero-order chi connectivity index (χ0) is 8.74. The molecule has 3 heteroatoms. The van der Waals surface area contributed by atoms with Crippen LogP contribution in [0, 0.1) is 0 Å². The average Bonchev–Trinajstić information content (AvgIpc) is 1.88. The SMILES string of the molecule is C=CCC(N)(CCO)CCO. The Morgan fingerprint density at radius 2 is 1.73 bits per heavy atom. The van der Waals surface area contributed by atoms with Crippen LogP contribution in [-0.2, 0) is 0 Å². The summed E-state index contributed by atoms with van der Waals surface area (Å²) in [6, 6.07) is 0. The molecule has 0 atom stereocenters. The fourth-order valence-corrected chi connectivity index (χ4v) is 1.06. The molecule has 0 aliphatic heterocycles. The minimum Gasteiger partial charge on any atom is -0.396 e. The number of aliphatic hydroxyl groups excluding tert-OH is 2. The molecule has 0 aliphatic carbocycles. The molecule has 4 N–H and O–H groups in total. The largest absolute Gasteiger partial charge is 0.396 e. The van der Waals surface area contributed by atoms with Gasteiger partial charge in [0.1, 0.15) is 0 Å². The normalized spacial score (nSPS) is 11.5. The maximum atomic E-state index is 8.66. The average molecular weight is 159 g/mol. The predicted molar refractivity (Wildman–Crippen MR) is 45.1 cm³/mol. The first kappa shape index (κ1) is 10.6. The maximum Gasteiger partial charge on any atom is 0.0448 e. The van der Waals surface area contributed by atoms with Gasteiger partial charge in [0.05, 0.1) is 0 Å². The molecule has 0 heterocycles. The Labute approximate surface area is 67.5 Å². The van der Waals surface area contributed by atoms with Crippen LogP contribution in [0.3, 0.4) is 0 Å².